The van der Waals surface area contributed by atoms with Crippen LogP contribution in [0, 0.1) is 0 Å². The van der Waals surface area contributed by atoms with E-state index in [-0.39, 0.29) is 35.5 Å². The van der Waals surface area contributed by atoms with Crippen molar-refractivity contribution in [2.45, 2.75) is 32.5 Å². The molecule has 1 amide bonds. The molecule has 186 valence electrons. The van der Waals surface area contributed by atoms with Crippen molar-refractivity contribution in [3.8, 4) is 0 Å². The molecule has 0 atom stereocenters. The Bertz CT molecular complexity index is 1160. The number of carbonyl (C=O) groups excluding carboxylic acids is 2. The molecule has 3 rings (SSSR count). The molecule has 1 aromatic heterocycles. The topological polar surface area (TPSA) is 101 Å². The highest BCUT2D eigenvalue weighted by Gasteiger charge is 2.33. The molecule has 1 heterocycles. The fourth-order valence-electron chi connectivity index (χ4n) is 3.20. The molecule has 0 saturated carbocycles. The summed E-state index contributed by atoms with van der Waals surface area (Å²) in [4.78, 5) is 29.4. The summed E-state index contributed by atoms with van der Waals surface area (Å²) < 4.78 is 44.5. The average molecular weight is 508 g/mol. The maximum Gasteiger partial charge on any atom is 0.418 e. The summed E-state index contributed by atoms with van der Waals surface area (Å²) >= 11 is 0.992. The molecular weight excluding hydrogens is 483 g/mol. The highest BCUT2D eigenvalue weighted by molar-refractivity contribution is 7.17. The van der Waals surface area contributed by atoms with Crippen molar-refractivity contribution in [1.82, 2.24) is 4.98 Å². The normalized spacial score (nSPS) is 11.2. The molecule has 35 heavy (non-hydrogen) atoms. The van der Waals surface area contributed by atoms with Crippen LogP contribution in [0.2, 0.25) is 0 Å². The second-order valence-electron chi connectivity index (χ2n) is 7.39. The van der Waals surface area contributed by atoms with E-state index in [1.807, 2.05) is 0 Å². The van der Waals surface area contributed by atoms with Gasteiger partial charge < -0.3 is 15.2 Å². The van der Waals surface area contributed by atoms with E-state index in [0.717, 1.165) is 17.4 Å². The third-order valence-corrected chi connectivity index (χ3v) is 5.87. The van der Waals surface area contributed by atoms with Crippen molar-refractivity contribution >= 4 is 34.0 Å². The Morgan fingerprint density at radius 2 is 1.83 bits per heavy atom. The minimum absolute atomic E-state index is 0.0278. The number of ether oxygens (including phenoxy) is 1. The number of aryl methyl sites for hydroxylation is 1. The smallest absolute Gasteiger partial charge is 0.418 e. The van der Waals surface area contributed by atoms with Crippen molar-refractivity contribution in [3.63, 3.8) is 0 Å². The lowest BCUT2D eigenvalue weighted by molar-refractivity contribution is -0.137. The molecule has 0 unspecified atom stereocenters. The lowest BCUT2D eigenvalue weighted by atomic mass is 10.1. The molecule has 0 aliphatic heterocycles. The Morgan fingerprint density at radius 1 is 1.11 bits per heavy atom. The molecule has 3 N–H and O–H groups in total. The molecule has 11 heteroatoms. The Kier molecular flexibility index (Phi) is 8.83. The number of amides is 1. The SMILES string of the molecule is CCOC(=O)c1sc(NC(=O)c2ccc(CNc3ccccc3C(F)(F)F)cc2)nc1CCCO. The predicted octanol–water partition coefficient (Wildman–Crippen LogP) is 5.13. The summed E-state index contributed by atoms with van der Waals surface area (Å²) in [5.41, 5.74) is 0.663. The van der Waals surface area contributed by atoms with Crippen LogP contribution in [0.3, 0.4) is 0 Å². The fraction of sp³-hybridized carbons (Fsp3) is 0.292. The molecule has 0 spiro atoms. The Morgan fingerprint density at radius 3 is 2.49 bits per heavy atom. The number of alkyl halides is 3. The van der Waals surface area contributed by atoms with Gasteiger partial charge in [0.05, 0.1) is 17.9 Å². The Labute approximate surface area is 204 Å². The summed E-state index contributed by atoms with van der Waals surface area (Å²) in [6.45, 7) is 1.95. The molecule has 0 bridgehead atoms. The first kappa shape index (κ1) is 26.2. The van der Waals surface area contributed by atoms with Crippen molar-refractivity contribution in [3.05, 3.63) is 75.8 Å². The van der Waals surface area contributed by atoms with Crippen LogP contribution in [-0.2, 0) is 23.9 Å². The van der Waals surface area contributed by atoms with Crippen LogP contribution in [0.15, 0.2) is 48.5 Å². The number of esters is 1. The van der Waals surface area contributed by atoms with Crippen LogP contribution in [0.4, 0.5) is 24.0 Å². The molecule has 7 nitrogen and oxygen atoms in total. The Balaban J connectivity index is 1.66. The lowest BCUT2D eigenvalue weighted by Crippen LogP contribution is -2.12. The first-order valence-electron chi connectivity index (χ1n) is 10.8. The van der Waals surface area contributed by atoms with E-state index in [1.165, 1.54) is 18.2 Å². The molecule has 0 aliphatic carbocycles. The van der Waals surface area contributed by atoms with Crippen LogP contribution < -0.4 is 10.6 Å². The van der Waals surface area contributed by atoms with Gasteiger partial charge in [0.25, 0.3) is 5.91 Å². The maximum atomic E-state index is 13.1. The molecule has 0 radical (unpaired) electrons. The van der Waals surface area contributed by atoms with E-state index in [1.54, 1.807) is 31.2 Å². The van der Waals surface area contributed by atoms with Crippen molar-refractivity contribution in [2.75, 3.05) is 23.8 Å². The van der Waals surface area contributed by atoms with Crippen LogP contribution >= 0.6 is 11.3 Å². The van der Waals surface area contributed by atoms with Gasteiger partial charge in [0.15, 0.2) is 5.13 Å². The van der Waals surface area contributed by atoms with Crippen LogP contribution in [0.5, 0.6) is 0 Å². The van der Waals surface area contributed by atoms with Crippen LogP contribution in [0.25, 0.3) is 0 Å². The number of halogens is 3. The molecule has 2 aromatic carbocycles. The zero-order chi connectivity index (χ0) is 25.4. The molecule has 0 fully saturated rings. The van der Waals surface area contributed by atoms with E-state index in [4.69, 9.17) is 9.84 Å². The van der Waals surface area contributed by atoms with Gasteiger partial charge in [-0.05, 0) is 49.6 Å². The van der Waals surface area contributed by atoms with Gasteiger partial charge >= 0.3 is 12.1 Å². The number of aliphatic hydroxyl groups excluding tert-OH is 1. The number of rotatable bonds is 10. The number of hydrogen-bond acceptors (Lipinski definition) is 7. The third-order valence-electron chi connectivity index (χ3n) is 4.88. The quantitative estimate of drug-likeness (QED) is 0.329. The number of para-hydroxylation sites is 1. The number of nitrogens with zero attached hydrogens (tertiary/aromatic N) is 1. The molecular formula is C24H24F3N3O4S. The summed E-state index contributed by atoms with van der Waals surface area (Å²) in [7, 11) is 0. The van der Waals surface area contributed by atoms with Gasteiger partial charge in [0, 0.05) is 24.4 Å². The van der Waals surface area contributed by atoms with Crippen molar-refractivity contribution in [2.24, 2.45) is 0 Å². The zero-order valence-corrected chi connectivity index (χ0v) is 19.6. The number of benzene rings is 2. The van der Waals surface area contributed by atoms with Crippen LogP contribution in [0.1, 0.15) is 50.2 Å². The summed E-state index contributed by atoms with van der Waals surface area (Å²) in [6, 6.07) is 11.6. The minimum atomic E-state index is -4.47. The number of aromatic nitrogens is 1. The second kappa shape index (κ2) is 11.8. The average Bonchev–Trinajstić information content (AvgIpc) is 3.24. The predicted molar refractivity (Wildman–Crippen MR) is 127 cm³/mol. The molecule has 0 saturated heterocycles. The number of aliphatic hydroxyl groups is 1. The highest BCUT2D eigenvalue weighted by Crippen LogP contribution is 2.34. The van der Waals surface area contributed by atoms with Gasteiger partial charge in [-0.25, -0.2) is 9.78 Å². The maximum absolute atomic E-state index is 13.1. The fourth-order valence-corrected chi connectivity index (χ4v) is 4.10. The number of thiazole rings is 1. The van der Waals surface area contributed by atoms with Crippen molar-refractivity contribution < 1.29 is 32.6 Å². The van der Waals surface area contributed by atoms with Gasteiger partial charge in [-0.3, -0.25) is 10.1 Å². The summed E-state index contributed by atoms with van der Waals surface area (Å²) in [5.74, 6) is -0.993. The van der Waals surface area contributed by atoms with Gasteiger partial charge in [0.2, 0.25) is 0 Å². The standard InChI is InChI=1S/C24H24F3N3O4S/c1-2-34-22(33)20-19(8-5-13-31)29-23(35-20)30-21(32)16-11-9-15(10-12-16)14-28-18-7-4-3-6-17(18)24(25,26)27/h3-4,6-7,9-12,28,31H,2,5,8,13-14H2,1H3,(H,29,30,32). The number of hydrogen-bond donors (Lipinski definition) is 3. The van der Waals surface area contributed by atoms with E-state index in [2.05, 4.69) is 15.6 Å². The van der Waals surface area contributed by atoms with E-state index in [0.29, 0.717) is 29.7 Å². The first-order chi connectivity index (χ1) is 16.7. The number of nitrogens with one attached hydrogen (secondary N) is 2. The monoisotopic (exact) mass is 507 g/mol. The van der Waals surface area contributed by atoms with Gasteiger partial charge in [0.1, 0.15) is 4.88 Å². The Hall–Kier alpha value is -3.44. The van der Waals surface area contributed by atoms with Crippen LogP contribution in [-0.4, -0.2) is 35.2 Å². The zero-order valence-electron chi connectivity index (χ0n) is 18.8. The van der Waals surface area contributed by atoms with Gasteiger partial charge in [-0.15, -0.1) is 0 Å². The highest BCUT2D eigenvalue weighted by atomic mass is 32.1. The van der Waals surface area contributed by atoms with Crippen molar-refractivity contribution in [1.29, 1.82) is 0 Å². The van der Waals surface area contributed by atoms with E-state index in [9.17, 15) is 22.8 Å². The number of anilines is 2. The summed E-state index contributed by atoms with van der Waals surface area (Å²) in [6.07, 6.45) is -3.70. The number of carbonyl (C=O) groups is 2. The largest absolute Gasteiger partial charge is 0.462 e. The van der Waals surface area contributed by atoms with E-state index < -0.39 is 23.6 Å². The third kappa shape index (κ3) is 7.03. The van der Waals surface area contributed by atoms with E-state index >= 15 is 0 Å². The lowest BCUT2D eigenvalue weighted by Gasteiger charge is -2.14. The molecule has 0 aliphatic rings. The molecule has 3 aromatic rings. The second-order valence-corrected chi connectivity index (χ2v) is 8.39. The minimum Gasteiger partial charge on any atom is -0.462 e. The summed E-state index contributed by atoms with van der Waals surface area (Å²) in [5, 5.41) is 14.7. The van der Waals surface area contributed by atoms with Gasteiger partial charge in [-0.1, -0.05) is 35.6 Å². The first-order valence-corrected chi connectivity index (χ1v) is 11.6. The van der Waals surface area contributed by atoms with Gasteiger partial charge in [-0.2, -0.15) is 13.2 Å².